The van der Waals surface area contributed by atoms with Crippen LogP contribution in [0.4, 0.5) is 11.4 Å². The van der Waals surface area contributed by atoms with Crippen molar-refractivity contribution in [1.82, 2.24) is 0 Å². The van der Waals surface area contributed by atoms with Gasteiger partial charge in [-0.3, -0.25) is 4.79 Å². The van der Waals surface area contributed by atoms with E-state index in [4.69, 9.17) is 11.5 Å². The number of rotatable bonds is 2. The van der Waals surface area contributed by atoms with Crippen LogP contribution in [0, 0.1) is 5.92 Å². The maximum absolute atomic E-state index is 11.5. The Balaban J connectivity index is 3.04. The van der Waals surface area contributed by atoms with E-state index in [2.05, 4.69) is 0 Å². The molecule has 70 valence electrons. The minimum atomic E-state index is -0.0111. The average Bonchev–Trinajstić information content (AvgIpc) is 2.08. The van der Waals surface area contributed by atoms with Crippen LogP contribution in [0.3, 0.4) is 0 Å². The second-order valence-corrected chi connectivity index (χ2v) is 3.36. The van der Waals surface area contributed by atoms with Gasteiger partial charge in [0.25, 0.3) is 0 Å². The van der Waals surface area contributed by atoms with E-state index in [0.29, 0.717) is 16.9 Å². The summed E-state index contributed by atoms with van der Waals surface area (Å²) >= 11 is 0. The van der Waals surface area contributed by atoms with E-state index in [9.17, 15) is 4.79 Å². The second-order valence-electron chi connectivity index (χ2n) is 3.36. The van der Waals surface area contributed by atoms with Crippen molar-refractivity contribution >= 4 is 17.2 Å². The lowest BCUT2D eigenvalue weighted by molar-refractivity contribution is 0.0939. The Morgan fingerprint density at radius 3 is 2.31 bits per heavy atom. The summed E-state index contributed by atoms with van der Waals surface area (Å²) in [4.78, 5) is 11.5. The van der Waals surface area contributed by atoms with Crippen molar-refractivity contribution in [2.45, 2.75) is 13.8 Å². The molecule has 1 aromatic rings. The van der Waals surface area contributed by atoms with E-state index in [0.717, 1.165) is 0 Å². The molecule has 0 heterocycles. The summed E-state index contributed by atoms with van der Waals surface area (Å²) in [6.07, 6.45) is 0. The second kappa shape index (κ2) is 3.47. The standard InChI is InChI=1S/C10H14N2O/c1-6(2)10(13)7-3-4-8(11)9(12)5-7/h3-6H,11-12H2,1-2H3. The first-order valence-corrected chi connectivity index (χ1v) is 4.21. The van der Waals surface area contributed by atoms with Crippen molar-refractivity contribution < 1.29 is 4.79 Å². The number of ketones is 1. The quantitative estimate of drug-likeness (QED) is 0.535. The van der Waals surface area contributed by atoms with Gasteiger partial charge in [0.2, 0.25) is 0 Å². The molecule has 0 aliphatic heterocycles. The fourth-order valence-electron chi connectivity index (χ4n) is 1.06. The monoisotopic (exact) mass is 178 g/mol. The highest BCUT2D eigenvalue weighted by atomic mass is 16.1. The molecule has 0 fully saturated rings. The van der Waals surface area contributed by atoms with Crippen LogP contribution in [0.1, 0.15) is 24.2 Å². The number of hydrogen-bond acceptors (Lipinski definition) is 3. The first kappa shape index (κ1) is 9.58. The Labute approximate surface area is 77.7 Å². The Morgan fingerprint density at radius 2 is 1.85 bits per heavy atom. The zero-order chi connectivity index (χ0) is 10.0. The van der Waals surface area contributed by atoms with Gasteiger partial charge in [-0.15, -0.1) is 0 Å². The average molecular weight is 178 g/mol. The molecule has 0 radical (unpaired) electrons. The van der Waals surface area contributed by atoms with Gasteiger partial charge in [-0.05, 0) is 18.2 Å². The molecule has 0 unspecified atom stereocenters. The normalized spacial score (nSPS) is 10.4. The molecule has 4 N–H and O–H groups in total. The SMILES string of the molecule is CC(C)C(=O)c1ccc(N)c(N)c1. The molecule has 0 amide bonds. The van der Waals surface area contributed by atoms with Crippen LogP contribution >= 0.6 is 0 Å². The van der Waals surface area contributed by atoms with Crippen molar-refractivity contribution in [2.24, 2.45) is 5.92 Å². The number of Topliss-reactive ketones (excluding diaryl/α,β-unsaturated/α-hetero) is 1. The molecule has 1 rings (SSSR count). The van der Waals surface area contributed by atoms with Crippen LogP contribution in [0.15, 0.2) is 18.2 Å². The molecule has 3 heteroatoms. The summed E-state index contributed by atoms with van der Waals surface area (Å²) in [6.45, 7) is 3.71. The summed E-state index contributed by atoms with van der Waals surface area (Å²) in [6, 6.07) is 4.98. The molecule has 0 saturated carbocycles. The minimum Gasteiger partial charge on any atom is -0.397 e. The van der Waals surface area contributed by atoms with Gasteiger partial charge in [-0.1, -0.05) is 13.8 Å². The fourth-order valence-corrected chi connectivity index (χ4v) is 1.06. The number of nitrogen functional groups attached to an aromatic ring is 2. The molecule has 3 nitrogen and oxygen atoms in total. The highest BCUT2D eigenvalue weighted by Crippen LogP contribution is 2.18. The van der Waals surface area contributed by atoms with Gasteiger partial charge in [0, 0.05) is 11.5 Å². The number of anilines is 2. The van der Waals surface area contributed by atoms with E-state index in [1.54, 1.807) is 18.2 Å². The number of nitrogens with two attached hydrogens (primary N) is 2. The zero-order valence-electron chi connectivity index (χ0n) is 7.87. The van der Waals surface area contributed by atoms with Crippen molar-refractivity contribution in [1.29, 1.82) is 0 Å². The van der Waals surface area contributed by atoms with Crippen LogP contribution in [-0.2, 0) is 0 Å². The Hall–Kier alpha value is -1.51. The van der Waals surface area contributed by atoms with Gasteiger partial charge in [0.15, 0.2) is 5.78 Å². The molecule has 0 aromatic heterocycles. The lowest BCUT2D eigenvalue weighted by atomic mass is 10.0. The van der Waals surface area contributed by atoms with Crippen LogP contribution in [0.2, 0.25) is 0 Å². The molecule has 0 aliphatic carbocycles. The van der Waals surface area contributed by atoms with E-state index in [1.807, 2.05) is 13.8 Å². The summed E-state index contributed by atoms with van der Waals surface area (Å²) in [5, 5.41) is 0. The summed E-state index contributed by atoms with van der Waals surface area (Å²) in [7, 11) is 0. The van der Waals surface area contributed by atoms with E-state index >= 15 is 0 Å². The third-order valence-corrected chi connectivity index (χ3v) is 1.90. The minimum absolute atomic E-state index is 0.0111. The molecular weight excluding hydrogens is 164 g/mol. The van der Waals surface area contributed by atoms with Crippen LogP contribution in [0.25, 0.3) is 0 Å². The van der Waals surface area contributed by atoms with Crippen molar-refractivity contribution in [3.05, 3.63) is 23.8 Å². The molecule has 0 saturated heterocycles. The molecule has 0 aliphatic rings. The van der Waals surface area contributed by atoms with Crippen LogP contribution < -0.4 is 11.5 Å². The van der Waals surface area contributed by atoms with Gasteiger partial charge < -0.3 is 11.5 Å². The van der Waals surface area contributed by atoms with E-state index in [-0.39, 0.29) is 11.7 Å². The predicted molar refractivity (Wildman–Crippen MR) is 54.4 cm³/mol. The number of hydrogen-bond donors (Lipinski definition) is 2. The number of carbonyl (C=O) groups is 1. The van der Waals surface area contributed by atoms with Crippen LogP contribution in [-0.4, -0.2) is 5.78 Å². The van der Waals surface area contributed by atoms with Crippen molar-refractivity contribution in [2.75, 3.05) is 11.5 Å². The summed E-state index contributed by atoms with van der Waals surface area (Å²) in [5.41, 5.74) is 12.7. The van der Waals surface area contributed by atoms with E-state index < -0.39 is 0 Å². The lowest BCUT2D eigenvalue weighted by Gasteiger charge is -2.06. The third kappa shape index (κ3) is 1.99. The summed E-state index contributed by atoms with van der Waals surface area (Å²) < 4.78 is 0. The molecule has 13 heavy (non-hydrogen) atoms. The maximum Gasteiger partial charge on any atom is 0.165 e. The molecular formula is C10H14N2O. The third-order valence-electron chi connectivity index (χ3n) is 1.90. The summed E-state index contributed by atoms with van der Waals surface area (Å²) in [5.74, 6) is 0.0784. The first-order chi connectivity index (χ1) is 6.02. The highest BCUT2D eigenvalue weighted by molar-refractivity contribution is 5.98. The Bertz CT molecular complexity index is 332. The Kier molecular flexibility index (Phi) is 2.56. The Morgan fingerprint density at radius 1 is 1.23 bits per heavy atom. The molecule has 0 spiro atoms. The predicted octanol–water partition coefficient (Wildman–Crippen LogP) is 1.69. The van der Waals surface area contributed by atoms with Crippen molar-refractivity contribution in [3.63, 3.8) is 0 Å². The number of benzene rings is 1. The van der Waals surface area contributed by atoms with Crippen LogP contribution in [0.5, 0.6) is 0 Å². The van der Waals surface area contributed by atoms with Gasteiger partial charge in [0.1, 0.15) is 0 Å². The highest BCUT2D eigenvalue weighted by Gasteiger charge is 2.10. The fraction of sp³-hybridized carbons (Fsp3) is 0.300. The largest absolute Gasteiger partial charge is 0.397 e. The zero-order valence-corrected chi connectivity index (χ0v) is 7.87. The molecule has 0 bridgehead atoms. The first-order valence-electron chi connectivity index (χ1n) is 4.21. The smallest absolute Gasteiger partial charge is 0.165 e. The molecule has 0 atom stereocenters. The van der Waals surface area contributed by atoms with E-state index in [1.165, 1.54) is 0 Å². The molecule has 1 aromatic carbocycles. The van der Waals surface area contributed by atoms with Gasteiger partial charge in [-0.25, -0.2) is 0 Å². The van der Waals surface area contributed by atoms with Gasteiger partial charge in [0.05, 0.1) is 11.4 Å². The maximum atomic E-state index is 11.5. The number of carbonyl (C=O) groups excluding carboxylic acids is 1. The topological polar surface area (TPSA) is 69.1 Å². The lowest BCUT2D eigenvalue weighted by Crippen LogP contribution is -2.08. The van der Waals surface area contributed by atoms with Gasteiger partial charge in [-0.2, -0.15) is 0 Å². The van der Waals surface area contributed by atoms with Crippen molar-refractivity contribution in [3.8, 4) is 0 Å². The van der Waals surface area contributed by atoms with Gasteiger partial charge >= 0.3 is 0 Å².